The number of halogens is 3. The lowest BCUT2D eigenvalue weighted by atomic mass is 10.3. The Morgan fingerprint density at radius 1 is 1.21 bits per heavy atom. The van der Waals surface area contributed by atoms with Crippen molar-refractivity contribution in [2.75, 3.05) is 5.32 Å². The molecular weight excluding hydrogens is 351 g/mol. The van der Waals surface area contributed by atoms with Crippen LogP contribution in [0.2, 0.25) is 5.02 Å². The molecule has 0 saturated carbocycles. The smallest absolute Gasteiger partial charge is 0.188 e. The van der Waals surface area contributed by atoms with Crippen LogP contribution in [-0.4, -0.2) is 4.98 Å². The summed E-state index contributed by atoms with van der Waals surface area (Å²) in [6.45, 7) is 0. The lowest BCUT2D eigenvalue weighted by Crippen LogP contribution is -1.90. The lowest BCUT2D eigenvalue weighted by molar-refractivity contribution is 0.622. The van der Waals surface area contributed by atoms with Gasteiger partial charge in [0.1, 0.15) is 5.82 Å². The number of hydrogen-bond acceptors (Lipinski definition) is 3. The maximum absolute atomic E-state index is 13.4. The van der Waals surface area contributed by atoms with Gasteiger partial charge in [0.25, 0.3) is 0 Å². The van der Waals surface area contributed by atoms with Crippen molar-refractivity contribution in [1.29, 1.82) is 0 Å². The molecule has 0 fully saturated rings. The van der Waals surface area contributed by atoms with Crippen molar-refractivity contribution in [3.63, 3.8) is 0 Å². The fourth-order valence-electron chi connectivity index (χ4n) is 1.65. The number of hydrogen-bond donors (Lipinski definition) is 1. The molecule has 19 heavy (non-hydrogen) atoms. The zero-order chi connectivity index (χ0) is 13.4. The van der Waals surface area contributed by atoms with E-state index in [2.05, 4.69) is 26.2 Å². The third kappa shape index (κ3) is 2.73. The van der Waals surface area contributed by atoms with Gasteiger partial charge in [-0.3, -0.25) is 0 Å². The summed E-state index contributed by atoms with van der Waals surface area (Å²) < 4.78 is 14.9. The topological polar surface area (TPSA) is 24.9 Å². The first-order valence-corrected chi connectivity index (χ1v) is 7.39. The Labute approximate surface area is 126 Å². The van der Waals surface area contributed by atoms with Gasteiger partial charge in [-0.25, -0.2) is 9.37 Å². The first-order chi connectivity index (χ1) is 9.11. The number of fused-ring (bicyclic) bond motifs is 1. The van der Waals surface area contributed by atoms with Crippen molar-refractivity contribution < 1.29 is 4.39 Å². The van der Waals surface area contributed by atoms with Gasteiger partial charge in [-0.05, 0) is 52.3 Å². The SMILES string of the molecule is Fc1cc(Nc2nc3ccc(Cl)cc3s2)ccc1Br. The van der Waals surface area contributed by atoms with Crippen LogP contribution < -0.4 is 5.32 Å². The normalized spacial score (nSPS) is 10.9. The Balaban J connectivity index is 1.94. The number of aromatic nitrogens is 1. The van der Waals surface area contributed by atoms with Crippen LogP contribution >= 0.6 is 38.9 Å². The fraction of sp³-hybridized carbons (Fsp3) is 0. The minimum atomic E-state index is -0.311. The maximum Gasteiger partial charge on any atom is 0.188 e. The summed E-state index contributed by atoms with van der Waals surface area (Å²) in [5.41, 5.74) is 1.53. The zero-order valence-corrected chi connectivity index (χ0v) is 12.6. The van der Waals surface area contributed by atoms with Crippen LogP contribution in [-0.2, 0) is 0 Å². The Morgan fingerprint density at radius 2 is 2.05 bits per heavy atom. The Morgan fingerprint density at radius 3 is 2.84 bits per heavy atom. The lowest BCUT2D eigenvalue weighted by Gasteiger charge is -2.02. The van der Waals surface area contributed by atoms with E-state index in [0.29, 0.717) is 20.3 Å². The Hall–Kier alpha value is -1.17. The van der Waals surface area contributed by atoms with E-state index in [9.17, 15) is 4.39 Å². The molecule has 1 N–H and O–H groups in total. The fourth-order valence-corrected chi connectivity index (χ4v) is 3.06. The predicted octanol–water partition coefficient (Wildman–Crippen LogP) is 5.59. The standard InChI is InChI=1S/C13H7BrClFN2S/c14-9-3-2-8(6-10(9)16)17-13-18-11-4-1-7(15)5-12(11)19-13/h1-6H,(H,17,18). The van der Waals surface area contributed by atoms with Crippen LogP contribution in [0.4, 0.5) is 15.2 Å². The summed E-state index contributed by atoms with van der Waals surface area (Å²) in [4.78, 5) is 4.42. The molecule has 0 aliphatic rings. The van der Waals surface area contributed by atoms with Crippen LogP contribution in [0.3, 0.4) is 0 Å². The highest BCUT2D eigenvalue weighted by Gasteiger charge is 2.06. The van der Waals surface area contributed by atoms with E-state index in [1.165, 1.54) is 17.4 Å². The Bertz CT molecular complexity index is 759. The van der Waals surface area contributed by atoms with Crippen LogP contribution in [0, 0.1) is 5.82 Å². The molecule has 2 nitrogen and oxygen atoms in total. The van der Waals surface area contributed by atoms with Gasteiger partial charge in [-0.1, -0.05) is 22.9 Å². The third-order valence-corrected chi connectivity index (χ3v) is 4.33. The highest BCUT2D eigenvalue weighted by atomic mass is 79.9. The number of thiazole rings is 1. The van der Waals surface area contributed by atoms with E-state index in [-0.39, 0.29) is 5.82 Å². The molecular formula is C13H7BrClFN2S. The highest BCUT2D eigenvalue weighted by Crippen LogP contribution is 2.30. The summed E-state index contributed by atoms with van der Waals surface area (Å²) in [7, 11) is 0. The first-order valence-electron chi connectivity index (χ1n) is 5.40. The van der Waals surface area contributed by atoms with Gasteiger partial charge < -0.3 is 5.32 Å². The second kappa shape index (κ2) is 5.07. The van der Waals surface area contributed by atoms with Gasteiger partial charge in [0.05, 0.1) is 14.7 Å². The van der Waals surface area contributed by atoms with Crippen LogP contribution in [0.15, 0.2) is 40.9 Å². The second-order valence-electron chi connectivity index (χ2n) is 3.88. The number of nitrogens with one attached hydrogen (secondary N) is 1. The van der Waals surface area contributed by atoms with Gasteiger partial charge in [-0.15, -0.1) is 0 Å². The summed E-state index contributed by atoms with van der Waals surface area (Å²) in [5.74, 6) is -0.311. The quantitative estimate of drug-likeness (QED) is 0.646. The van der Waals surface area contributed by atoms with Crippen molar-refractivity contribution in [2.45, 2.75) is 0 Å². The molecule has 1 aromatic heterocycles. The molecule has 0 radical (unpaired) electrons. The van der Waals surface area contributed by atoms with Crippen molar-refractivity contribution >= 4 is 59.9 Å². The highest BCUT2D eigenvalue weighted by molar-refractivity contribution is 9.10. The second-order valence-corrected chi connectivity index (χ2v) is 6.21. The number of nitrogens with zero attached hydrogens (tertiary/aromatic N) is 1. The van der Waals surface area contributed by atoms with E-state index < -0.39 is 0 Å². The largest absolute Gasteiger partial charge is 0.331 e. The summed E-state index contributed by atoms with van der Waals surface area (Å²) in [5, 5.41) is 4.47. The molecule has 0 aliphatic carbocycles. The van der Waals surface area contributed by atoms with Gasteiger partial charge in [0.2, 0.25) is 0 Å². The molecule has 2 aromatic carbocycles. The molecule has 3 rings (SSSR count). The van der Waals surface area contributed by atoms with Gasteiger partial charge in [0.15, 0.2) is 5.13 Å². The molecule has 0 bridgehead atoms. The molecule has 0 unspecified atom stereocenters. The molecule has 96 valence electrons. The minimum Gasteiger partial charge on any atom is -0.331 e. The van der Waals surface area contributed by atoms with E-state index in [0.717, 1.165) is 10.2 Å². The van der Waals surface area contributed by atoms with E-state index in [4.69, 9.17) is 11.6 Å². The van der Waals surface area contributed by atoms with Crippen molar-refractivity contribution in [3.05, 3.63) is 51.7 Å². The predicted molar refractivity (Wildman–Crippen MR) is 82.0 cm³/mol. The van der Waals surface area contributed by atoms with E-state index in [1.807, 2.05) is 12.1 Å². The van der Waals surface area contributed by atoms with E-state index >= 15 is 0 Å². The third-order valence-electron chi connectivity index (χ3n) is 2.52. The molecule has 6 heteroatoms. The maximum atomic E-state index is 13.4. The number of benzene rings is 2. The van der Waals surface area contributed by atoms with Crippen LogP contribution in [0.1, 0.15) is 0 Å². The minimum absolute atomic E-state index is 0.311. The molecule has 1 heterocycles. The molecule has 0 saturated heterocycles. The number of rotatable bonds is 2. The van der Waals surface area contributed by atoms with Crippen LogP contribution in [0.25, 0.3) is 10.2 Å². The molecule has 0 spiro atoms. The monoisotopic (exact) mass is 356 g/mol. The number of anilines is 2. The van der Waals surface area contributed by atoms with Crippen molar-refractivity contribution in [2.24, 2.45) is 0 Å². The van der Waals surface area contributed by atoms with Gasteiger partial charge >= 0.3 is 0 Å². The molecule has 0 atom stereocenters. The van der Waals surface area contributed by atoms with Crippen molar-refractivity contribution in [1.82, 2.24) is 4.98 Å². The summed E-state index contributed by atoms with van der Waals surface area (Å²) in [6, 6.07) is 10.4. The average molecular weight is 358 g/mol. The first kappa shape index (κ1) is 12.8. The van der Waals surface area contributed by atoms with E-state index in [1.54, 1.807) is 18.2 Å². The zero-order valence-electron chi connectivity index (χ0n) is 9.45. The Kier molecular flexibility index (Phi) is 3.43. The molecule has 0 aliphatic heterocycles. The summed E-state index contributed by atoms with van der Waals surface area (Å²) >= 11 is 10.5. The van der Waals surface area contributed by atoms with Crippen LogP contribution in [0.5, 0.6) is 0 Å². The van der Waals surface area contributed by atoms with Crippen molar-refractivity contribution in [3.8, 4) is 0 Å². The summed E-state index contributed by atoms with van der Waals surface area (Å²) in [6.07, 6.45) is 0. The molecule has 0 amide bonds. The molecule has 3 aromatic rings. The average Bonchev–Trinajstić information content (AvgIpc) is 2.75. The van der Waals surface area contributed by atoms with Gasteiger partial charge in [-0.2, -0.15) is 0 Å². The van der Waals surface area contributed by atoms with Gasteiger partial charge in [0, 0.05) is 10.7 Å².